The van der Waals surface area contributed by atoms with Crippen molar-refractivity contribution in [2.24, 2.45) is 11.8 Å². The van der Waals surface area contributed by atoms with Gasteiger partial charge in [0.25, 0.3) is 0 Å². The Hall–Kier alpha value is -2.81. The molecular formula is C35H42IrNO2-. The SMILES string of the molecule is CCC(CC)C(=O)/C=C(\O)C(CC)CC.Cc1[c-]c(-c2nccc3ccc4c(C)cccc4c23)cc(C)c1.[Ir]. The van der Waals surface area contributed by atoms with Crippen LogP contribution in [0.3, 0.4) is 0 Å². The summed E-state index contributed by atoms with van der Waals surface area (Å²) < 4.78 is 0. The number of aromatic nitrogens is 1. The van der Waals surface area contributed by atoms with E-state index < -0.39 is 0 Å². The Bertz CT molecular complexity index is 1410. The number of benzene rings is 3. The summed E-state index contributed by atoms with van der Waals surface area (Å²) in [7, 11) is 0. The molecule has 0 amide bonds. The van der Waals surface area contributed by atoms with Crippen molar-refractivity contribution in [1.82, 2.24) is 4.98 Å². The molecule has 0 aliphatic rings. The minimum Gasteiger partial charge on any atom is -0.512 e. The number of carbonyl (C=O) groups excluding carboxylic acids is 1. The molecule has 0 aliphatic carbocycles. The van der Waals surface area contributed by atoms with Gasteiger partial charge >= 0.3 is 0 Å². The van der Waals surface area contributed by atoms with Crippen molar-refractivity contribution < 1.29 is 30.0 Å². The second-order valence-electron chi connectivity index (χ2n) is 10.2. The third kappa shape index (κ3) is 7.87. The summed E-state index contributed by atoms with van der Waals surface area (Å²) in [5, 5.41) is 14.8. The first kappa shape index (κ1) is 32.4. The van der Waals surface area contributed by atoms with E-state index in [2.05, 4.69) is 75.4 Å². The molecule has 4 rings (SSSR count). The maximum Gasteiger partial charge on any atom is 0.162 e. The Kier molecular flexibility index (Phi) is 12.5. The van der Waals surface area contributed by atoms with E-state index in [9.17, 15) is 9.90 Å². The van der Waals surface area contributed by atoms with Crippen molar-refractivity contribution in [2.45, 2.75) is 74.1 Å². The number of fused-ring (bicyclic) bond motifs is 3. The van der Waals surface area contributed by atoms with E-state index in [1.54, 1.807) is 0 Å². The van der Waals surface area contributed by atoms with Crippen molar-refractivity contribution in [1.29, 1.82) is 0 Å². The number of ketones is 1. The van der Waals surface area contributed by atoms with E-state index in [4.69, 9.17) is 4.98 Å². The molecule has 39 heavy (non-hydrogen) atoms. The summed E-state index contributed by atoms with van der Waals surface area (Å²) >= 11 is 0. The normalized spacial score (nSPS) is 11.5. The quantitative estimate of drug-likeness (QED) is 0.0862. The van der Waals surface area contributed by atoms with Gasteiger partial charge in [0.05, 0.1) is 5.76 Å². The van der Waals surface area contributed by atoms with Gasteiger partial charge in [0.1, 0.15) is 0 Å². The largest absolute Gasteiger partial charge is 0.512 e. The van der Waals surface area contributed by atoms with Crippen molar-refractivity contribution in [3.05, 3.63) is 89.3 Å². The molecule has 0 atom stereocenters. The van der Waals surface area contributed by atoms with Gasteiger partial charge in [-0.3, -0.25) is 4.79 Å². The fraction of sp³-hybridized carbons (Fsp3) is 0.371. The van der Waals surface area contributed by atoms with Crippen LogP contribution in [-0.2, 0) is 24.9 Å². The standard InChI is InChI=1S/C22H18N.C13H24O2.Ir/c1-14-11-15(2)13-18(12-14)22-21-17(9-10-23-22)7-8-19-16(3)5-4-6-20(19)21;1-5-10(6-2)12(14)9-13(15)11(7-3)8-4;/h4-12H,1-3H3;9-11,14H,5-8H2,1-4H3;/q-1;;/b;12-9-;. The number of aliphatic hydroxyl groups excluding tert-OH is 1. The Morgan fingerprint density at radius 1 is 0.897 bits per heavy atom. The molecule has 1 N–H and O–H groups in total. The first-order chi connectivity index (χ1) is 18.2. The average Bonchev–Trinajstić information content (AvgIpc) is 2.89. The summed E-state index contributed by atoms with van der Waals surface area (Å²) in [6.45, 7) is 14.4. The topological polar surface area (TPSA) is 50.2 Å². The predicted octanol–water partition coefficient (Wildman–Crippen LogP) is 9.65. The number of hydrogen-bond acceptors (Lipinski definition) is 3. The van der Waals surface area contributed by atoms with E-state index in [1.807, 2.05) is 33.9 Å². The zero-order chi connectivity index (χ0) is 27.8. The first-order valence-electron chi connectivity index (χ1n) is 14.0. The number of rotatable bonds is 8. The number of allylic oxidation sites excluding steroid dienone is 2. The molecule has 0 aliphatic heterocycles. The minimum absolute atomic E-state index is 0. The molecule has 0 bridgehead atoms. The minimum atomic E-state index is 0. The molecule has 4 aromatic rings. The van der Waals surface area contributed by atoms with Gasteiger partial charge in [-0.25, -0.2) is 0 Å². The molecule has 1 radical (unpaired) electrons. The van der Waals surface area contributed by atoms with Gasteiger partial charge in [-0.15, -0.1) is 34.9 Å². The van der Waals surface area contributed by atoms with E-state index in [0.29, 0.717) is 0 Å². The van der Waals surface area contributed by atoms with Crippen molar-refractivity contribution in [2.75, 3.05) is 0 Å². The van der Waals surface area contributed by atoms with Crippen LogP contribution in [0, 0.1) is 38.7 Å². The third-order valence-corrected chi connectivity index (χ3v) is 7.49. The smallest absolute Gasteiger partial charge is 0.162 e. The molecule has 0 saturated carbocycles. The number of aliphatic hydroxyl groups is 1. The van der Waals surface area contributed by atoms with Gasteiger partial charge in [-0.05, 0) is 71.5 Å². The average molecular weight is 701 g/mol. The van der Waals surface area contributed by atoms with Gasteiger partial charge in [0.2, 0.25) is 0 Å². The molecular weight excluding hydrogens is 659 g/mol. The second kappa shape index (κ2) is 15.1. The van der Waals surface area contributed by atoms with Crippen molar-refractivity contribution in [3.63, 3.8) is 0 Å². The fourth-order valence-corrected chi connectivity index (χ4v) is 5.20. The van der Waals surface area contributed by atoms with Crippen LogP contribution in [0.15, 0.2) is 66.6 Å². The van der Waals surface area contributed by atoms with Crippen LogP contribution in [-0.4, -0.2) is 15.9 Å². The summed E-state index contributed by atoms with van der Waals surface area (Å²) in [5.41, 5.74) is 5.78. The van der Waals surface area contributed by atoms with Crippen molar-refractivity contribution >= 4 is 27.3 Å². The van der Waals surface area contributed by atoms with E-state index in [1.165, 1.54) is 38.7 Å². The molecule has 0 saturated heterocycles. The van der Waals surface area contributed by atoms with Crippen LogP contribution in [0.4, 0.5) is 0 Å². The summed E-state index contributed by atoms with van der Waals surface area (Å²) in [6, 6.07) is 20.8. The van der Waals surface area contributed by atoms with Crippen LogP contribution >= 0.6 is 0 Å². The van der Waals surface area contributed by atoms with Gasteiger partial charge < -0.3 is 10.1 Å². The van der Waals surface area contributed by atoms with Crippen LogP contribution in [0.2, 0.25) is 0 Å². The summed E-state index contributed by atoms with van der Waals surface area (Å²) in [4.78, 5) is 16.4. The summed E-state index contributed by atoms with van der Waals surface area (Å²) in [5.74, 6) is 0.547. The van der Waals surface area contributed by atoms with E-state index >= 15 is 0 Å². The Labute approximate surface area is 248 Å². The molecule has 0 fully saturated rings. The van der Waals surface area contributed by atoms with Crippen LogP contribution in [0.1, 0.15) is 70.1 Å². The van der Waals surface area contributed by atoms with Crippen molar-refractivity contribution in [3.8, 4) is 11.3 Å². The fourth-order valence-electron chi connectivity index (χ4n) is 5.20. The molecule has 0 unspecified atom stereocenters. The van der Waals surface area contributed by atoms with E-state index in [0.717, 1.165) is 42.5 Å². The Morgan fingerprint density at radius 3 is 2.18 bits per heavy atom. The molecule has 1 heterocycles. The third-order valence-electron chi connectivity index (χ3n) is 7.49. The Morgan fingerprint density at radius 2 is 1.56 bits per heavy atom. The molecule has 3 nitrogen and oxygen atoms in total. The Balaban J connectivity index is 0.000000294. The van der Waals surface area contributed by atoms with Gasteiger partial charge in [-0.1, -0.05) is 71.9 Å². The van der Waals surface area contributed by atoms with Gasteiger partial charge in [0.15, 0.2) is 5.78 Å². The number of aryl methyl sites for hydroxylation is 3. The molecule has 1 aromatic heterocycles. The second-order valence-corrected chi connectivity index (χ2v) is 10.2. The zero-order valence-corrected chi connectivity index (χ0v) is 26.8. The van der Waals surface area contributed by atoms with Gasteiger partial charge in [-0.2, -0.15) is 0 Å². The van der Waals surface area contributed by atoms with Gasteiger partial charge in [0, 0.05) is 44.2 Å². The molecule has 209 valence electrons. The van der Waals surface area contributed by atoms with Crippen LogP contribution in [0.5, 0.6) is 0 Å². The predicted molar refractivity (Wildman–Crippen MR) is 162 cm³/mol. The number of hydrogen-bond donors (Lipinski definition) is 1. The maximum absolute atomic E-state index is 11.7. The van der Waals surface area contributed by atoms with E-state index in [-0.39, 0.29) is 43.5 Å². The monoisotopic (exact) mass is 701 g/mol. The maximum atomic E-state index is 11.7. The van der Waals surface area contributed by atoms with Crippen LogP contribution < -0.4 is 0 Å². The number of pyridine rings is 1. The number of carbonyl (C=O) groups is 1. The molecule has 0 spiro atoms. The first-order valence-corrected chi connectivity index (χ1v) is 14.0. The number of nitrogens with zero attached hydrogens (tertiary/aromatic N) is 1. The summed E-state index contributed by atoms with van der Waals surface area (Å²) in [6.07, 6.45) is 6.80. The molecule has 3 aromatic carbocycles. The molecule has 4 heteroatoms. The zero-order valence-electron chi connectivity index (χ0n) is 24.4. The van der Waals surface area contributed by atoms with Crippen LogP contribution in [0.25, 0.3) is 32.8 Å².